The zero-order chi connectivity index (χ0) is 21.0. The van der Waals surface area contributed by atoms with Gasteiger partial charge in [0.25, 0.3) is 0 Å². The Hall–Kier alpha value is -2.78. The number of hydrogen-bond donors (Lipinski definition) is 0. The highest BCUT2D eigenvalue weighted by atomic mass is 16.5. The Labute approximate surface area is 181 Å². The zero-order valence-electron chi connectivity index (χ0n) is 18.2. The summed E-state index contributed by atoms with van der Waals surface area (Å²) in [6.45, 7) is 5.78. The van der Waals surface area contributed by atoms with Crippen LogP contribution in [0.3, 0.4) is 0 Å². The molecule has 3 heteroatoms. The normalized spacial score (nSPS) is 10.9. The molecule has 0 unspecified atom stereocenters. The Morgan fingerprint density at radius 2 is 1.47 bits per heavy atom. The van der Waals surface area contributed by atoms with Crippen molar-refractivity contribution in [3.05, 3.63) is 95.6 Å². The first-order chi connectivity index (χ1) is 14.8. The molecular weight excluding hydrogens is 370 g/mol. The number of para-hydroxylation sites is 1. The van der Waals surface area contributed by atoms with Gasteiger partial charge in [0.05, 0.1) is 7.11 Å². The van der Waals surface area contributed by atoms with Gasteiger partial charge >= 0.3 is 0 Å². The van der Waals surface area contributed by atoms with E-state index >= 15 is 0 Å². The lowest BCUT2D eigenvalue weighted by Crippen LogP contribution is -2.26. The third-order valence-corrected chi connectivity index (χ3v) is 5.22. The van der Waals surface area contributed by atoms with Crippen molar-refractivity contribution in [2.24, 2.45) is 0 Å². The number of methoxy groups -OCH3 is 1. The molecule has 3 nitrogen and oxygen atoms in total. The number of nitrogens with zero attached hydrogens (tertiary/aromatic N) is 1. The molecule has 0 fully saturated rings. The molecule has 0 aliphatic carbocycles. The predicted molar refractivity (Wildman–Crippen MR) is 124 cm³/mol. The first-order valence-corrected chi connectivity index (χ1v) is 10.9. The number of rotatable bonds is 12. The Balaban J connectivity index is 1.67. The van der Waals surface area contributed by atoms with Gasteiger partial charge in [-0.15, -0.1) is 0 Å². The van der Waals surface area contributed by atoms with Crippen molar-refractivity contribution in [3.8, 4) is 11.5 Å². The van der Waals surface area contributed by atoms with Crippen LogP contribution in [0.25, 0.3) is 0 Å². The summed E-state index contributed by atoms with van der Waals surface area (Å²) in [5.74, 6) is 1.65. The Morgan fingerprint density at radius 1 is 0.767 bits per heavy atom. The molecule has 0 bridgehead atoms. The van der Waals surface area contributed by atoms with Crippen molar-refractivity contribution in [3.63, 3.8) is 0 Å². The molecule has 0 radical (unpaired) electrons. The van der Waals surface area contributed by atoms with Crippen LogP contribution in [-0.2, 0) is 19.6 Å². The fraction of sp³-hybridized carbons (Fsp3) is 0.333. The van der Waals surface area contributed by atoms with E-state index in [9.17, 15) is 0 Å². The minimum absolute atomic E-state index is 0.538. The van der Waals surface area contributed by atoms with E-state index < -0.39 is 0 Å². The van der Waals surface area contributed by atoms with E-state index in [-0.39, 0.29) is 0 Å². The highest BCUT2D eigenvalue weighted by Crippen LogP contribution is 2.32. The molecule has 3 aromatic carbocycles. The molecule has 0 aliphatic rings. The maximum absolute atomic E-state index is 6.25. The highest BCUT2D eigenvalue weighted by molar-refractivity contribution is 5.46. The number of ether oxygens (including phenoxy) is 2. The molecular formula is C27H33NO2. The van der Waals surface area contributed by atoms with Crippen molar-refractivity contribution in [2.45, 2.75) is 39.3 Å². The van der Waals surface area contributed by atoms with Crippen molar-refractivity contribution in [1.29, 1.82) is 0 Å². The topological polar surface area (TPSA) is 21.7 Å². The lowest BCUT2D eigenvalue weighted by atomic mass is 10.1. The second-order valence-electron chi connectivity index (χ2n) is 7.59. The van der Waals surface area contributed by atoms with Gasteiger partial charge in [0.1, 0.15) is 6.61 Å². The molecule has 0 N–H and O–H groups in total. The summed E-state index contributed by atoms with van der Waals surface area (Å²) in [5.41, 5.74) is 3.74. The van der Waals surface area contributed by atoms with E-state index in [4.69, 9.17) is 9.47 Å². The van der Waals surface area contributed by atoms with Crippen LogP contribution in [-0.4, -0.2) is 25.1 Å². The van der Waals surface area contributed by atoms with Crippen LogP contribution >= 0.6 is 0 Å². The fourth-order valence-electron chi connectivity index (χ4n) is 3.72. The van der Waals surface area contributed by atoms with Crippen LogP contribution in [0.1, 0.15) is 36.5 Å². The summed E-state index contributed by atoms with van der Waals surface area (Å²) in [6.07, 6.45) is 3.39. The van der Waals surface area contributed by atoms with Crippen LogP contribution in [0.2, 0.25) is 0 Å². The van der Waals surface area contributed by atoms with Gasteiger partial charge in [-0.1, -0.05) is 79.7 Å². The molecule has 0 heterocycles. The third kappa shape index (κ3) is 6.64. The molecule has 0 saturated carbocycles. The van der Waals surface area contributed by atoms with Crippen LogP contribution in [0.5, 0.6) is 11.5 Å². The molecule has 0 spiro atoms. The van der Waals surface area contributed by atoms with Gasteiger partial charge in [0.15, 0.2) is 11.5 Å². The van der Waals surface area contributed by atoms with E-state index in [0.717, 1.165) is 56.0 Å². The summed E-state index contributed by atoms with van der Waals surface area (Å²) in [6, 6.07) is 27.2. The fourth-order valence-corrected chi connectivity index (χ4v) is 3.72. The summed E-state index contributed by atoms with van der Waals surface area (Å²) in [4.78, 5) is 2.52. The Kier molecular flexibility index (Phi) is 8.80. The summed E-state index contributed by atoms with van der Waals surface area (Å²) < 4.78 is 11.9. The van der Waals surface area contributed by atoms with Gasteiger partial charge in [-0.25, -0.2) is 0 Å². The molecule has 0 atom stereocenters. The second kappa shape index (κ2) is 12.0. The summed E-state index contributed by atoms with van der Waals surface area (Å²) in [7, 11) is 1.71. The lowest BCUT2D eigenvalue weighted by Gasteiger charge is -2.24. The Morgan fingerprint density at radius 3 is 2.13 bits per heavy atom. The maximum atomic E-state index is 6.25. The molecule has 3 rings (SSSR count). The Bertz CT molecular complexity index is 865. The summed E-state index contributed by atoms with van der Waals surface area (Å²) in [5, 5.41) is 0. The second-order valence-corrected chi connectivity index (χ2v) is 7.59. The minimum Gasteiger partial charge on any atom is -0.493 e. The van der Waals surface area contributed by atoms with Gasteiger partial charge in [0.2, 0.25) is 0 Å². The van der Waals surface area contributed by atoms with Crippen LogP contribution in [0, 0.1) is 0 Å². The monoisotopic (exact) mass is 403 g/mol. The molecule has 30 heavy (non-hydrogen) atoms. The smallest absolute Gasteiger partial charge is 0.166 e. The van der Waals surface area contributed by atoms with Crippen molar-refractivity contribution < 1.29 is 9.47 Å². The SMILES string of the molecule is CCCN(CCCc1ccccc1)Cc1cccc(OC)c1OCc1ccccc1. The standard InChI is InChI=1S/C27H33NO2/c1-3-19-28(20-11-16-23-12-6-4-7-13-23)21-25-17-10-18-26(29-2)27(25)30-22-24-14-8-5-9-15-24/h4-10,12-15,17-18H,3,11,16,19-22H2,1-2H3. The van der Waals surface area contributed by atoms with Gasteiger partial charge in [-0.2, -0.15) is 0 Å². The van der Waals surface area contributed by atoms with Crippen molar-refractivity contribution in [2.75, 3.05) is 20.2 Å². The first-order valence-electron chi connectivity index (χ1n) is 10.9. The average Bonchev–Trinajstić information content (AvgIpc) is 2.79. The number of hydrogen-bond acceptors (Lipinski definition) is 3. The largest absolute Gasteiger partial charge is 0.493 e. The molecule has 0 amide bonds. The maximum Gasteiger partial charge on any atom is 0.166 e. The predicted octanol–water partition coefficient (Wildman–Crippen LogP) is 6.12. The van der Waals surface area contributed by atoms with Gasteiger partial charge in [-0.3, -0.25) is 4.90 Å². The summed E-state index contributed by atoms with van der Waals surface area (Å²) >= 11 is 0. The molecule has 0 saturated heterocycles. The highest BCUT2D eigenvalue weighted by Gasteiger charge is 2.14. The van der Waals surface area contributed by atoms with Crippen LogP contribution in [0.4, 0.5) is 0 Å². The van der Waals surface area contributed by atoms with Crippen LogP contribution in [0.15, 0.2) is 78.9 Å². The molecule has 0 aliphatic heterocycles. The molecule has 158 valence electrons. The van der Waals surface area contributed by atoms with E-state index in [0.29, 0.717) is 6.61 Å². The van der Waals surface area contributed by atoms with Gasteiger partial charge in [0, 0.05) is 12.1 Å². The van der Waals surface area contributed by atoms with E-state index in [2.05, 4.69) is 66.4 Å². The average molecular weight is 404 g/mol. The lowest BCUT2D eigenvalue weighted by molar-refractivity contribution is 0.245. The number of aryl methyl sites for hydroxylation is 1. The molecule has 3 aromatic rings. The van der Waals surface area contributed by atoms with Crippen molar-refractivity contribution in [1.82, 2.24) is 4.90 Å². The van der Waals surface area contributed by atoms with Crippen LogP contribution < -0.4 is 9.47 Å². The van der Waals surface area contributed by atoms with Crippen molar-refractivity contribution >= 4 is 0 Å². The first kappa shape index (κ1) is 21.9. The quantitative estimate of drug-likeness (QED) is 0.364. The third-order valence-electron chi connectivity index (χ3n) is 5.22. The number of benzene rings is 3. The van der Waals surface area contributed by atoms with E-state index in [1.807, 2.05) is 24.3 Å². The van der Waals surface area contributed by atoms with Gasteiger partial charge < -0.3 is 9.47 Å². The zero-order valence-corrected chi connectivity index (χ0v) is 18.2. The molecule has 0 aromatic heterocycles. The van der Waals surface area contributed by atoms with E-state index in [1.54, 1.807) is 7.11 Å². The minimum atomic E-state index is 0.538. The van der Waals surface area contributed by atoms with Gasteiger partial charge in [-0.05, 0) is 49.5 Å². The van der Waals surface area contributed by atoms with E-state index in [1.165, 1.54) is 11.1 Å².